The van der Waals surface area contributed by atoms with Gasteiger partial charge in [0.2, 0.25) is 0 Å². The average molecular weight is 234 g/mol. The fraction of sp³-hybridized carbons (Fsp3) is 0.364. The van der Waals surface area contributed by atoms with Crippen molar-refractivity contribution in [2.75, 3.05) is 0 Å². The number of rotatable bonds is 3. The molecule has 0 radical (unpaired) electrons. The molecule has 5 heteroatoms. The average Bonchev–Trinajstić information content (AvgIpc) is 2.63. The van der Waals surface area contributed by atoms with Crippen molar-refractivity contribution in [3.05, 3.63) is 40.2 Å². The Balaban J connectivity index is 2.37. The van der Waals surface area contributed by atoms with Gasteiger partial charge in [-0.15, -0.1) is 0 Å². The van der Waals surface area contributed by atoms with Gasteiger partial charge in [-0.1, -0.05) is 13.0 Å². The van der Waals surface area contributed by atoms with E-state index in [-0.39, 0.29) is 0 Å². The minimum absolute atomic E-state index is 0.655. The molecule has 0 saturated carbocycles. The fourth-order valence-corrected chi connectivity index (χ4v) is 1.83. The van der Waals surface area contributed by atoms with Gasteiger partial charge < -0.3 is 0 Å². The van der Waals surface area contributed by atoms with E-state index in [1.165, 1.54) is 5.56 Å². The first kappa shape index (κ1) is 11.0. The molecule has 0 bridgehead atoms. The van der Waals surface area contributed by atoms with E-state index in [1.54, 1.807) is 6.20 Å². The van der Waals surface area contributed by atoms with Crippen LogP contribution < -0.4 is 0 Å². The molecule has 2 heterocycles. The standard InChI is InChI=1S/C11H14N4S/c1-3-10-13-14-11(16)15(10)7-9-8(2)5-4-6-12-9/h4-6H,3,7H2,1-2H3,(H,14,16). The van der Waals surface area contributed by atoms with E-state index < -0.39 is 0 Å². The van der Waals surface area contributed by atoms with Crippen molar-refractivity contribution in [2.24, 2.45) is 0 Å². The molecule has 2 rings (SSSR count). The smallest absolute Gasteiger partial charge is 0.195 e. The molecule has 2 aromatic rings. The Hall–Kier alpha value is -1.49. The van der Waals surface area contributed by atoms with E-state index in [2.05, 4.69) is 35.1 Å². The summed E-state index contributed by atoms with van der Waals surface area (Å²) < 4.78 is 2.65. The molecule has 0 aliphatic carbocycles. The van der Waals surface area contributed by atoms with Gasteiger partial charge in [0.25, 0.3) is 0 Å². The minimum atomic E-state index is 0.655. The predicted molar refractivity (Wildman–Crippen MR) is 64.9 cm³/mol. The Bertz CT molecular complexity index is 541. The van der Waals surface area contributed by atoms with Gasteiger partial charge in [0.15, 0.2) is 4.77 Å². The van der Waals surface area contributed by atoms with Gasteiger partial charge in [-0.2, -0.15) is 5.10 Å². The summed E-state index contributed by atoms with van der Waals surface area (Å²) in [5, 5.41) is 6.99. The van der Waals surface area contributed by atoms with Crippen molar-refractivity contribution < 1.29 is 0 Å². The Morgan fingerprint density at radius 2 is 2.31 bits per heavy atom. The third kappa shape index (κ3) is 2.04. The number of nitrogens with zero attached hydrogens (tertiary/aromatic N) is 3. The van der Waals surface area contributed by atoms with Crippen molar-refractivity contribution in [2.45, 2.75) is 26.8 Å². The van der Waals surface area contributed by atoms with Gasteiger partial charge in [0, 0.05) is 12.6 Å². The first-order chi connectivity index (χ1) is 7.72. The maximum Gasteiger partial charge on any atom is 0.195 e. The van der Waals surface area contributed by atoms with Crippen LogP contribution in [-0.4, -0.2) is 19.7 Å². The van der Waals surface area contributed by atoms with Crippen LogP contribution in [0.15, 0.2) is 18.3 Å². The summed E-state index contributed by atoms with van der Waals surface area (Å²) >= 11 is 5.20. The van der Waals surface area contributed by atoms with Crippen molar-refractivity contribution in [3.63, 3.8) is 0 Å². The molecule has 1 N–H and O–H groups in total. The first-order valence-corrected chi connectivity index (χ1v) is 5.67. The maximum absolute atomic E-state index is 5.20. The van der Waals surface area contributed by atoms with Gasteiger partial charge >= 0.3 is 0 Å². The molecule has 0 aromatic carbocycles. The Morgan fingerprint density at radius 1 is 1.50 bits per heavy atom. The zero-order chi connectivity index (χ0) is 11.5. The molecular weight excluding hydrogens is 220 g/mol. The van der Waals surface area contributed by atoms with Crippen LogP contribution in [-0.2, 0) is 13.0 Å². The van der Waals surface area contributed by atoms with E-state index in [9.17, 15) is 0 Å². The highest BCUT2D eigenvalue weighted by atomic mass is 32.1. The highest BCUT2D eigenvalue weighted by Gasteiger charge is 2.06. The van der Waals surface area contributed by atoms with Crippen molar-refractivity contribution in [3.8, 4) is 0 Å². The zero-order valence-electron chi connectivity index (χ0n) is 9.40. The maximum atomic E-state index is 5.20. The van der Waals surface area contributed by atoms with Gasteiger partial charge in [-0.05, 0) is 30.8 Å². The normalized spacial score (nSPS) is 10.6. The van der Waals surface area contributed by atoms with Crippen LogP contribution in [0.2, 0.25) is 0 Å². The Morgan fingerprint density at radius 3 is 3.00 bits per heavy atom. The molecular formula is C11H14N4S. The minimum Gasteiger partial charge on any atom is -0.298 e. The summed E-state index contributed by atoms with van der Waals surface area (Å²) in [6.07, 6.45) is 2.66. The van der Waals surface area contributed by atoms with Gasteiger partial charge in [0.1, 0.15) is 5.82 Å². The zero-order valence-corrected chi connectivity index (χ0v) is 10.2. The lowest BCUT2D eigenvalue weighted by atomic mass is 10.2. The lowest BCUT2D eigenvalue weighted by Gasteiger charge is -2.07. The number of aromatic nitrogens is 4. The summed E-state index contributed by atoms with van der Waals surface area (Å²) in [5.74, 6) is 0.968. The molecule has 0 fully saturated rings. The SMILES string of the molecule is CCc1n[nH]c(=S)n1Cc1ncccc1C. The van der Waals surface area contributed by atoms with Crippen LogP contribution in [0.3, 0.4) is 0 Å². The second-order valence-electron chi connectivity index (χ2n) is 3.65. The summed E-state index contributed by atoms with van der Waals surface area (Å²) in [7, 11) is 0. The number of nitrogens with one attached hydrogen (secondary N) is 1. The fourth-order valence-electron chi connectivity index (χ4n) is 1.62. The topological polar surface area (TPSA) is 46.5 Å². The van der Waals surface area contributed by atoms with Crippen LogP contribution in [0.5, 0.6) is 0 Å². The number of aryl methyl sites for hydroxylation is 2. The quantitative estimate of drug-likeness (QED) is 0.829. The third-order valence-electron chi connectivity index (χ3n) is 2.58. The van der Waals surface area contributed by atoms with E-state index in [1.807, 2.05) is 10.6 Å². The van der Waals surface area contributed by atoms with Crippen LogP contribution in [0.1, 0.15) is 24.0 Å². The molecule has 0 aliphatic rings. The lowest BCUT2D eigenvalue weighted by molar-refractivity contribution is 0.705. The molecule has 0 saturated heterocycles. The predicted octanol–water partition coefficient (Wildman–Crippen LogP) is 2.25. The van der Waals surface area contributed by atoms with Crippen LogP contribution in [0.25, 0.3) is 0 Å². The molecule has 2 aromatic heterocycles. The summed E-state index contributed by atoms with van der Waals surface area (Å²) in [4.78, 5) is 4.36. The van der Waals surface area contributed by atoms with Crippen molar-refractivity contribution in [1.29, 1.82) is 0 Å². The van der Waals surface area contributed by atoms with Gasteiger partial charge in [-0.3, -0.25) is 14.6 Å². The molecule has 16 heavy (non-hydrogen) atoms. The number of H-pyrrole nitrogens is 1. The summed E-state index contributed by atoms with van der Waals surface area (Å²) in [6.45, 7) is 4.80. The molecule has 0 spiro atoms. The second kappa shape index (κ2) is 4.57. The molecule has 0 amide bonds. The number of aromatic amines is 1. The summed E-state index contributed by atoms with van der Waals surface area (Å²) in [5.41, 5.74) is 2.21. The molecule has 84 valence electrons. The van der Waals surface area contributed by atoms with Crippen molar-refractivity contribution in [1.82, 2.24) is 19.7 Å². The van der Waals surface area contributed by atoms with Crippen LogP contribution in [0.4, 0.5) is 0 Å². The molecule has 4 nitrogen and oxygen atoms in total. The highest BCUT2D eigenvalue weighted by Crippen LogP contribution is 2.08. The van der Waals surface area contributed by atoms with E-state index in [0.29, 0.717) is 11.3 Å². The number of pyridine rings is 1. The Labute approximate surface area is 99.4 Å². The number of hydrogen-bond acceptors (Lipinski definition) is 3. The third-order valence-corrected chi connectivity index (χ3v) is 2.89. The monoisotopic (exact) mass is 234 g/mol. The van der Waals surface area contributed by atoms with Crippen molar-refractivity contribution >= 4 is 12.2 Å². The Kier molecular flexibility index (Phi) is 3.14. The molecule has 0 aliphatic heterocycles. The van der Waals surface area contributed by atoms with Crippen LogP contribution in [0, 0.1) is 11.7 Å². The van der Waals surface area contributed by atoms with Gasteiger partial charge in [0.05, 0.1) is 12.2 Å². The van der Waals surface area contributed by atoms with E-state index in [0.717, 1.165) is 17.9 Å². The van der Waals surface area contributed by atoms with E-state index in [4.69, 9.17) is 12.2 Å². The van der Waals surface area contributed by atoms with E-state index >= 15 is 0 Å². The second-order valence-corrected chi connectivity index (χ2v) is 4.04. The largest absolute Gasteiger partial charge is 0.298 e. The first-order valence-electron chi connectivity index (χ1n) is 5.27. The van der Waals surface area contributed by atoms with Crippen LogP contribution >= 0.6 is 12.2 Å². The highest BCUT2D eigenvalue weighted by molar-refractivity contribution is 7.71. The molecule has 0 atom stereocenters. The lowest BCUT2D eigenvalue weighted by Crippen LogP contribution is -2.07. The molecule has 0 unspecified atom stereocenters. The number of hydrogen-bond donors (Lipinski definition) is 1. The van der Waals surface area contributed by atoms with Gasteiger partial charge in [-0.25, -0.2) is 0 Å². The summed E-state index contributed by atoms with van der Waals surface area (Å²) in [6, 6.07) is 3.99.